The second-order valence-electron chi connectivity index (χ2n) is 5.84. The number of ether oxygens (including phenoxy) is 1. The van der Waals surface area contributed by atoms with Gasteiger partial charge in [0.2, 0.25) is 0 Å². The highest BCUT2D eigenvalue weighted by molar-refractivity contribution is 6.00. The third-order valence-electron chi connectivity index (χ3n) is 4.22. The molecule has 0 aromatic heterocycles. The molecule has 0 radical (unpaired) electrons. The van der Waals surface area contributed by atoms with E-state index in [0.29, 0.717) is 17.7 Å². The van der Waals surface area contributed by atoms with E-state index in [1.54, 1.807) is 0 Å². The molecule has 1 atom stereocenters. The second kappa shape index (κ2) is 4.99. The van der Waals surface area contributed by atoms with Gasteiger partial charge in [0.05, 0.1) is 12.0 Å². The number of rotatable bonds is 1. The van der Waals surface area contributed by atoms with Crippen molar-refractivity contribution in [1.29, 1.82) is 0 Å². The maximum Gasteiger partial charge on any atom is 0.170 e. The summed E-state index contributed by atoms with van der Waals surface area (Å²) < 4.78 is 6.07. The molecule has 1 aliphatic heterocycles. The molecule has 4 rings (SSSR count). The summed E-state index contributed by atoms with van der Waals surface area (Å²) in [5.41, 5.74) is 2.84. The molecule has 0 saturated heterocycles. The molecule has 1 unspecified atom stereocenters. The highest BCUT2D eigenvalue weighted by atomic mass is 16.5. The average Bonchev–Trinajstić information content (AvgIpc) is 2.55. The minimum atomic E-state index is -0.202. The molecule has 3 aromatic carbocycles. The van der Waals surface area contributed by atoms with Gasteiger partial charge in [0.25, 0.3) is 0 Å². The summed E-state index contributed by atoms with van der Waals surface area (Å²) in [6.07, 6.45) is 0.196. The van der Waals surface area contributed by atoms with E-state index in [2.05, 4.69) is 30.3 Å². The summed E-state index contributed by atoms with van der Waals surface area (Å²) in [7, 11) is 0. The molecule has 2 heteroatoms. The van der Waals surface area contributed by atoms with Gasteiger partial charge in [-0.25, -0.2) is 0 Å². The van der Waals surface area contributed by atoms with Crippen molar-refractivity contribution in [3.05, 3.63) is 77.4 Å². The fourth-order valence-electron chi connectivity index (χ4n) is 3.03. The van der Waals surface area contributed by atoms with Crippen LogP contribution in [0, 0.1) is 6.92 Å². The second-order valence-corrected chi connectivity index (χ2v) is 5.84. The molecule has 0 fully saturated rings. The van der Waals surface area contributed by atoms with Crippen LogP contribution in [-0.2, 0) is 0 Å². The van der Waals surface area contributed by atoms with Crippen LogP contribution < -0.4 is 4.74 Å². The highest BCUT2D eigenvalue weighted by Gasteiger charge is 2.27. The van der Waals surface area contributed by atoms with Gasteiger partial charge in [0.1, 0.15) is 11.9 Å². The first-order valence-electron chi connectivity index (χ1n) is 7.50. The Morgan fingerprint density at radius 3 is 2.64 bits per heavy atom. The van der Waals surface area contributed by atoms with Crippen LogP contribution in [0.2, 0.25) is 0 Å². The molecule has 0 bridgehead atoms. The monoisotopic (exact) mass is 288 g/mol. The average molecular weight is 288 g/mol. The maximum absolute atomic E-state index is 12.4. The van der Waals surface area contributed by atoms with Crippen molar-refractivity contribution in [2.75, 3.05) is 0 Å². The third-order valence-corrected chi connectivity index (χ3v) is 4.22. The van der Waals surface area contributed by atoms with E-state index in [-0.39, 0.29) is 11.9 Å². The van der Waals surface area contributed by atoms with Crippen LogP contribution in [0.1, 0.15) is 34.0 Å². The fourth-order valence-corrected chi connectivity index (χ4v) is 3.03. The Morgan fingerprint density at radius 2 is 1.77 bits per heavy atom. The topological polar surface area (TPSA) is 26.3 Å². The zero-order valence-corrected chi connectivity index (χ0v) is 12.4. The fraction of sp³-hybridized carbons (Fsp3) is 0.150. The Balaban J connectivity index is 1.74. The lowest BCUT2D eigenvalue weighted by Crippen LogP contribution is -2.20. The van der Waals surface area contributed by atoms with E-state index in [9.17, 15) is 4.79 Å². The van der Waals surface area contributed by atoms with Crippen LogP contribution in [0.4, 0.5) is 0 Å². The van der Waals surface area contributed by atoms with Crippen molar-refractivity contribution in [2.45, 2.75) is 19.4 Å². The van der Waals surface area contributed by atoms with Crippen molar-refractivity contribution in [3.8, 4) is 5.75 Å². The molecule has 0 N–H and O–H groups in total. The standard InChI is InChI=1S/C20H16O2/c1-13-6-9-19-17(10-13)18(21)12-20(22-19)16-8-7-14-4-2-3-5-15(14)11-16/h2-11,20H,12H2,1H3. The van der Waals surface area contributed by atoms with Crippen LogP contribution in [0.15, 0.2) is 60.7 Å². The van der Waals surface area contributed by atoms with Crippen LogP contribution in [0.25, 0.3) is 10.8 Å². The van der Waals surface area contributed by atoms with E-state index in [0.717, 1.165) is 11.1 Å². The summed E-state index contributed by atoms with van der Waals surface area (Å²) >= 11 is 0. The number of ketones is 1. The predicted molar refractivity (Wildman–Crippen MR) is 87.4 cm³/mol. The number of carbonyl (C=O) groups excluding carboxylic acids is 1. The smallest absolute Gasteiger partial charge is 0.170 e. The van der Waals surface area contributed by atoms with Gasteiger partial charge in [-0.2, -0.15) is 0 Å². The highest BCUT2D eigenvalue weighted by Crippen LogP contribution is 2.36. The lowest BCUT2D eigenvalue weighted by Gasteiger charge is -2.26. The number of benzene rings is 3. The van der Waals surface area contributed by atoms with E-state index < -0.39 is 0 Å². The van der Waals surface area contributed by atoms with E-state index in [4.69, 9.17) is 4.74 Å². The molecule has 0 amide bonds. The van der Waals surface area contributed by atoms with E-state index in [1.807, 2.05) is 37.3 Å². The zero-order valence-electron chi connectivity index (χ0n) is 12.4. The Labute approximate surface area is 129 Å². The number of carbonyl (C=O) groups is 1. The van der Waals surface area contributed by atoms with Crippen LogP contribution >= 0.6 is 0 Å². The molecular weight excluding hydrogens is 272 g/mol. The molecule has 1 heterocycles. The molecule has 2 nitrogen and oxygen atoms in total. The molecular formula is C20H16O2. The number of fused-ring (bicyclic) bond motifs is 2. The SMILES string of the molecule is Cc1ccc2c(c1)C(=O)CC(c1ccc3ccccc3c1)O2. The number of aryl methyl sites for hydroxylation is 1. The van der Waals surface area contributed by atoms with Gasteiger partial charge < -0.3 is 4.74 Å². The summed E-state index contributed by atoms with van der Waals surface area (Å²) in [4.78, 5) is 12.4. The largest absolute Gasteiger partial charge is 0.484 e. The predicted octanol–water partition coefficient (Wildman–Crippen LogP) is 4.85. The van der Waals surface area contributed by atoms with E-state index in [1.165, 1.54) is 10.8 Å². The summed E-state index contributed by atoms with van der Waals surface area (Å²) in [5, 5.41) is 2.37. The number of Topliss-reactive ketones (excluding diaryl/α,β-unsaturated/α-hetero) is 1. The first kappa shape index (κ1) is 13.1. The van der Waals surface area contributed by atoms with Gasteiger partial charge in [0, 0.05) is 0 Å². The molecule has 22 heavy (non-hydrogen) atoms. The number of hydrogen-bond donors (Lipinski definition) is 0. The van der Waals surface area contributed by atoms with Gasteiger partial charge in [-0.15, -0.1) is 0 Å². The summed E-state index contributed by atoms with van der Waals surface area (Å²) in [6.45, 7) is 1.99. The minimum absolute atomic E-state index is 0.156. The lowest BCUT2D eigenvalue weighted by atomic mass is 9.94. The normalized spacial score (nSPS) is 17.1. The van der Waals surface area contributed by atoms with Gasteiger partial charge in [-0.3, -0.25) is 4.79 Å². The molecule has 1 aliphatic rings. The van der Waals surface area contributed by atoms with Gasteiger partial charge in [-0.05, 0) is 41.5 Å². The van der Waals surface area contributed by atoms with Crippen molar-refractivity contribution in [2.24, 2.45) is 0 Å². The lowest BCUT2D eigenvalue weighted by molar-refractivity contribution is 0.0850. The third kappa shape index (κ3) is 2.17. The Bertz CT molecular complexity index is 880. The quantitative estimate of drug-likeness (QED) is 0.639. The van der Waals surface area contributed by atoms with Crippen molar-refractivity contribution in [3.63, 3.8) is 0 Å². The van der Waals surface area contributed by atoms with Crippen molar-refractivity contribution < 1.29 is 9.53 Å². The van der Waals surface area contributed by atoms with Gasteiger partial charge in [-0.1, -0.05) is 48.0 Å². The first-order chi connectivity index (χ1) is 10.7. The molecule has 108 valence electrons. The van der Waals surface area contributed by atoms with Crippen LogP contribution in [0.5, 0.6) is 5.75 Å². The summed E-state index contributed by atoms with van der Waals surface area (Å²) in [5.74, 6) is 0.850. The Kier molecular flexibility index (Phi) is 2.97. The van der Waals surface area contributed by atoms with E-state index >= 15 is 0 Å². The number of hydrogen-bond acceptors (Lipinski definition) is 2. The molecule has 0 aliphatic carbocycles. The van der Waals surface area contributed by atoms with Crippen molar-refractivity contribution in [1.82, 2.24) is 0 Å². The van der Waals surface area contributed by atoms with Crippen LogP contribution in [0.3, 0.4) is 0 Å². The maximum atomic E-state index is 12.4. The minimum Gasteiger partial charge on any atom is -0.484 e. The zero-order chi connectivity index (χ0) is 15.1. The van der Waals surface area contributed by atoms with Gasteiger partial charge in [0.15, 0.2) is 5.78 Å². The summed E-state index contributed by atoms with van der Waals surface area (Å²) in [6, 6.07) is 20.3. The van der Waals surface area contributed by atoms with Crippen molar-refractivity contribution >= 4 is 16.6 Å². The van der Waals surface area contributed by atoms with Gasteiger partial charge >= 0.3 is 0 Å². The molecule has 0 saturated carbocycles. The molecule has 0 spiro atoms. The molecule has 3 aromatic rings. The van der Waals surface area contributed by atoms with Crippen LogP contribution in [-0.4, -0.2) is 5.78 Å². The Hall–Kier alpha value is -2.61. The first-order valence-corrected chi connectivity index (χ1v) is 7.50. The Morgan fingerprint density at radius 1 is 0.955 bits per heavy atom.